The lowest BCUT2D eigenvalue weighted by molar-refractivity contribution is 0.590. The van der Waals surface area contributed by atoms with E-state index >= 15 is 0 Å². The van der Waals surface area contributed by atoms with Crippen LogP contribution in [-0.2, 0) is 18.4 Å². The molecule has 1 aliphatic rings. The van der Waals surface area contributed by atoms with Crippen LogP contribution in [0, 0.1) is 0 Å². The maximum Gasteiger partial charge on any atom is 0.0516 e. The molecule has 1 aromatic carbocycles. The Labute approximate surface area is 90.7 Å². The normalized spacial score (nSPS) is 15.1. The number of nitrogens with zero attached hydrogens (tertiary/aromatic N) is 1. The van der Waals surface area contributed by atoms with Crippen LogP contribution in [-0.4, -0.2) is 4.57 Å². The van der Waals surface area contributed by atoms with Gasteiger partial charge in [-0.15, -0.1) is 0 Å². The summed E-state index contributed by atoms with van der Waals surface area (Å²) in [4.78, 5) is 0. The molecule has 0 amide bonds. The number of rotatable bonds is 0. The molecule has 2 aromatic rings. The van der Waals surface area contributed by atoms with Gasteiger partial charge in [0, 0.05) is 18.1 Å². The van der Waals surface area contributed by atoms with E-state index < -0.39 is 0 Å². The molecule has 0 spiro atoms. The van der Waals surface area contributed by atoms with Crippen molar-refractivity contribution in [3.05, 3.63) is 35.5 Å². The second-order valence-corrected chi connectivity index (χ2v) is 5.55. The Bertz CT molecular complexity index is 526. The average Bonchev–Trinajstić information content (AvgIpc) is 2.71. The Morgan fingerprint density at radius 1 is 1.20 bits per heavy atom. The van der Waals surface area contributed by atoms with Gasteiger partial charge in [-0.2, -0.15) is 0 Å². The Balaban J connectivity index is 2.40. The summed E-state index contributed by atoms with van der Waals surface area (Å²) in [5, 5.41) is 1.46. The summed E-state index contributed by atoms with van der Waals surface area (Å²) in [5.41, 5.74) is 4.73. The van der Waals surface area contributed by atoms with Gasteiger partial charge in [0.15, 0.2) is 0 Å². The van der Waals surface area contributed by atoms with Crippen LogP contribution >= 0.6 is 0 Å². The number of aromatic nitrogens is 1. The Morgan fingerprint density at radius 2 is 2.00 bits per heavy atom. The van der Waals surface area contributed by atoms with Gasteiger partial charge in [0.25, 0.3) is 0 Å². The summed E-state index contributed by atoms with van der Waals surface area (Å²) in [6.07, 6.45) is 3.55. The highest BCUT2D eigenvalue weighted by Crippen LogP contribution is 2.35. The van der Waals surface area contributed by atoms with Crippen molar-refractivity contribution in [2.75, 3.05) is 0 Å². The summed E-state index contributed by atoms with van der Waals surface area (Å²) in [6, 6.07) is 6.72. The van der Waals surface area contributed by atoms with E-state index in [1.54, 1.807) is 0 Å². The van der Waals surface area contributed by atoms with Gasteiger partial charge in [0.05, 0.1) is 5.52 Å². The maximum atomic E-state index is 2.42. The summed E-state index contributed by atoms with van der Waals surface area (Å²) < 4.78 is 2.42. The fraction of sp³-hybridized carbons (Fsp3) is 0.429. The second kappa shape index (κ2) is 2.66. The summed E-state index contributed by atoms with van der Waals surface area (Å²) >= 11 is 0. The fourth-order valence-corrected chi connectivity index (χ4v) is 2.65. The standard InChI is InChI=1S/C14H17N/c1-14(2,3)12-9-15-8-7-10-5-4-6-11(12)13(10)15/h4-6,9H,7-8H2,1-3H3. The van der Waals surface area contributed by atoms with E-state index in [9.17, 15) is 0 Å². The minimum Gasteiger partial charge on any atom is -0.347 e. The molecule has 0 N–H and O–H groups in total. The lowest BCUT2D eigenvalue weighted by Gasteiger charge is -2.17. The lowest BCUT2D eigenvalue weighted by atomic mass is 9.86. The zero-order valence-electron chi connectivity index (χ0n) is 9.67. The summed E-state index contributed by atoms with van der Waals surface area (Å²) in [5.74, 6) is 0. The molecule has 0 saturated carbocycles. The highest BCUT2D eigenvalue weighted by Gasteiger charge is 2.23. The SMILES string of the molecule is CC(C)(C)c1cn2c3c(cccc13)CC2. The van der Waals surface area contributed by atoms with E-state index in [4.69, 9.17) is 0 Å². The molecule has 0 unspecified atom stereocenters. The van der Waals surface area contributed by atoms with Crippen molar-refractivity contribution >= 4 is 10.9 Å². The Kier molecular flexibility index (Phi) is 1.60. The number of para-hydroxylation sites is 1. The van der Waals surface area contributed by atoms with Crippen molar-refractivity contribution < 1.29 is 0 Å². The number of benzene rings is 1. The Hall–Kier alpha value is -1.24. The van der Waals surface area contributed by atoms with Crippen LogP contribution < -0.4 is 0 Å². The number of hydrogen-bond acceptors (Lipinski definition) is 0. The van der Waals surface area contributed by atoms with Gasteiger partial charge >= 0.3 is 0 Å². The van der Waals surface area contributed by atoms with E-state index in [0.29, 0.717) is 0 Å². The first kappa shape index (κ1) is 9.02. The van der Waals surface area contributed by atoms with Crippen molar-refractivity contribution in [2.45, 2.75) is 39.2 Å². The van der Waals surface area contributed by atoms with Gasteiger partial charge in [-0.1, -0.05) is 39.0 Å². The van der Waals surface area contributed by atoms with Crippen LogP contribution in [0.2, 0.25) is 0 Å². The molecule has 2 heterocycles. The van der Waals surface area contributed by atoms with Crippen molar-refractivity contribution in [1.82, 2.24) is 4.57 Å². The molecule has 0 bridgehead atoms. The highest BCUT2D eigenvalue weighted by molar-refractivity contribution is 5.88. The van der Waals surface area contributed by atoms with Crippen molar-refractivity contribution in [3.8, 4) is 0 Å². The molecule has 0 atom stereocenters. The largest absolute Gasteiger partial charge is 0.347 e. The van der Waals surface area contributed by atoms with Crippen molar-refractivity contribution in [2.24, 2.45) is 0 Å². The number of hydrogen-bond donors (Lipinski definition) is 0. The average molecular weight is 199 g/mol. The Morgan fingerprint density at radius 3 is 2.73 bits per heavy atom. The van der Waals surface area contributed by atoms with E-state index in [2.05, 4.69) is 49.7 Å². The highest BCUT2D eigenvalue weighted by atomic mass is 15.0. The molecular weight excluding hydrogens is 182 g/mol. The monoisotopic (exact) mass is 199 g/mol. The molecule has 3 rings (SSSR count). The molecule has 1 aromatic heterocycles. The molecular formula is C14H17N. The zero-order chi connectivity index (χ0) is 10.6. The smallest absolute Gasteiger partial charge is 0.0516 e. The van der Waals surface area contributed by atoms with Gasteiger partial charge in [0.1, 0.15) is 0 Å². The van der Waals surface area contributed by atoms with E-state index in [-0.39, 0.29) is 5.41 Å². The van der Waals surface area contributed by atoms with Crippen LogP contribution in [0.3, 0.4) is 0 Å². The quantitative estimate of drug-likeness (QED) is 0.612. The topological polar surface area (TPSA) is 4.93 Å². The third-order valence-electron chi connectivity index (χ3n) is 3.41. The van der Waals surface area contributed by atoms with Crippen LogP contribution in [0.15, 0.2) is 24.4 Å². The van der Waals surface area contributed by atoms with Gasteiger partial charge < -0.3 is 4.57 Å². The third kappa shape index (κ3) is 1.16. The predicted molar refractivity (Wildman–Crippen MR) is 64.3 cm³/mol. The van der Waals surface area contributed by atoms with Crippen molar-refractivity contribution in [1.29, 1.82) is 0 Å². The molecule has 0 aliphatic carbocycles. The molecule has 0 saturated heterocycles. The van der Waals surface area contributed by atoms with Crippen molar-refractivity contribution in [3.63, 3.8) is 0 Å². The second-order valence-electron chi connectivity index (χ2n) is 5.55. The molecule has 15 heavy (non-hydrogen) atoms. The molecule has 1 heteroatoms. The van der Waals surface area contributed by atoms with E-state index in [0.717, 1.165) is 6.54 Å². The maximum absolute atomic E-state index is 2.42. The minimum atomic E-state index is 0.249. The van der Waals surface area contributed by atoms with Crippen LogP contribution in [0.5, 0.6) is 0 Å². The first-order valence-electron chi connectivity index (χ1n) is 5.68. The first-order valence-corrected chi connectivity index (χ1v) is 5.68. The molecule has 1 aliphatic heterocycles. The van der Waals surface area contributed by atoms with E-state index in [1.807, 2.05) is 0 Å². The van der Waals surface area contributed by atoms with Gasteiger partial charge in [-0.05, 0) is 23.0 Å². The molecule has 0 radical (unpaired) electrons. The van der Waals surface area contributed by atoms with Gasteiger partial charge in [-0.3, -0.25) is 0 Å². The summed E-state index contributed by atoms with van der Waals surface area (Å²) in [6.45, 7) is 8.03. The van der Waals surface area contributed by atoms with Crippen LogP contribution in [0.25, 0.3) is 10.9 Å². The zero-order valence-corrected chi connectivity index (χ0v) is 9.67. The predicted octanol–water partition coefficient (Wildman–Crippen LogP) is 3.49. The van der Waals surface area contributed by atoms with Gasteiger partial charge in [0.2, 0.25) is 0 Å². The molecule has 78 valence electrons. The summed E-state index contributed by atoms with van der Waals surface area (Å²) in [7, 11) is 0. The van der Waals surface area contributed by atoms with Gasteiger partial charge in [-0.25, -0.2) is 0 Å². The molecule has 0 fully saturated rings. The van der Waals surface area contributed by atoms with E-state index in [1.165, 1.54) is 28.5 Å². The third-order valence-corrected chi connectivity index (χ3v) is 3.41. The fourth-order valence-electron chi connectivity index (χ4n) is 2.65. The first-order chi connectivity index (χ1) is 7.07. The number of aryl methyl sites for hydroxylation is 2. The minimum absolute atomic E-state index is 0.249. The molecule has 1 nitrogen and oxygen atoms in total. The van der Waals surface area contributed by atoms with Crippen LogP contribution in [0.1, 0.15) is 31.9 Å². The van der Waals surface area contributed by atoms with Crippen LogP contribution in [0.4, 0.5) is 0 Å². The lowest BCUT2D eigenvalue weighted by Crippen LogP contribution is -2.10.